The van der Waals surface area contributed by atoms with Crippen molar-refractivity contribution in [3.63, 3.8) is 0 Å². The number of rotatable bonds is 4. The van der Waals surface area contributed by atoms with E-state index in [-0.39, 0.29) is 21.2 Å². The molecule has 2 rings (SSSR count). The molecule has 0 aromatic carbocycles. The van der Waals surface area contributed by atoms with Crippen LogP contribution >= 0.6 is 18.4 Å². The Balaban J connectivity index is 2.70. The molecule has 0 saturated heterocycles. The van der Waals surface area contributed by atoms with Crippen molar-refractivity contribution in [3.8, 4) is 0 Å². The Labute approximate surface area is 101 Å². The van der Waals surface area contributed by atoms with E-state index in [9.17, 15) is 9.59 Å². The van der Waals surface area contributed by atoms with Crippen LogP contribution in [0.15, 0.2) is 14.6 Å². The van der Waals surface area contributed by atoms with E-state index in [0.717, 1.165) is 4.34 Å². The smallest absolute Gasteiger partial charge is 0.339 e. The molecule has 7 nitrogen and oxygen atoms in total. The van der Waals surface area contributed by atoms with Crippen LogP contribution in [0.25, 0.3) is 0 Å². The highest BCUT2D eigenvalue weighted by Crippen LogP contribution is 2.21. The van der Waals surface area contributed by atoms with Gasteiger partial charge < -0.3 is 9.05 Å². The molecule has 92 valence electrons. The largest absolute Gasteiger partial charge is 0.344 e. The van der Waals surface area contributed by atoms with Crippen LogP contribution in [0.1, 0.15) is 5.56 Å². The van der Waals surface area contributed by atoms with Crippen molar-refractivity contribution >= 4 is 30.5 Å². The lowest BCUT2D eigenvalue weighted by atomic mass is 10.2. The third kappa shape index (κ3) is 2.11. The molecule has 1 aromatic heterocycles. The first kappa shape index (κ1) is 12.6. The molecule has 0 fully saturated rings. The van der Waals surface area contributed by atoms with Gasteiger partial charge in [-0.2, -0.15) is 0 Å². The van der Waals surface area contributed by atoms with Crippen molar-refractivity contribution in [1.82, 2.24) is 8.90 Å². The summed E-state index contributed by atoms with van der Waals surface area (Å²) in [5, 5.41) is 0. The van der Waals surface area contributed by atoms with Crippen LogP contribution in [-0.4, -0.2) is 22.2 Å². The van der Waals surface area contributed by atoms with Gasteiger partial charge in [-0.3, -0.25) is 9.36 Å². The highest BCUT2D eigenvalue weighted by atomic mass is 31.1. The molecule has 0 saturated carbocycles. The number of hydrogen-bond acceptors (Lipinski definition) is 5. The molecular weight excluding hydrogens is 264 g/mol. The average molecular weight is 275 g/mol. The van der Waals surface area contributed by atoms with E-state index in [1.165, 1.54) is 11.7 Å². The van der Waals surface area contributed by atoms with Crippen LogP contribution in [-0.2, 0) is 22.2 Å². The quantitative estimate of drug-likeness (QED) is 0.727. The van der Waals surface area contributed by atoms with Crippen molar-refractivity contribution in [2.24, 2.45) is 4.99 Å². The van der Waals surface area contributed by atoms with Crippen LogP contribution in [0.4, 0.5) is 5.82 Å². The minimum absolute atomic E-state index is 0.0254. The molecule has 2 heterocycles. The molecule has 1 aliphatic heterocycles. The van der Waals surface area contributed by atoms with E-state index < -0.39 is 5.69 Å². The highest BCUT2D eigenvalue weighted by molar-refractivity contribution is 7.30. The molecule has 9 heteroatoms. The monoisotopic (exact) mass is 275 g/mol. The van der Waals surface area contributed by atoms with Gasteiger partial charge in [-0.25, -0.2) is 14.1 Å². The maximum Gasteiger partial charge on any atom is 0.339 e. The van der Waals surface area contributed by atoms with Crippen molar-refractivity contribution in [3.05, 3.63) is 26.4 Å². The Morgan fingerprint density at radius 2 is 2.35 bits per heavy atom. The second-order valence-corrected chi connectivity index (χ2v) is 4.63. The predicted octanol–water partition coefficient (Wildman–Crippen LogP) is 0.0356. The lowest BCUT2D eigenvalue weighted by molar-refractivity contribution is 0.271. The van der Waals surface area contributed by atoms with Crippen LogP contribution < -0.4 is 11.2 Å². The molecule has 0 spiro atoms. The SMILES string of the molecule is COPn1c(=O)c2c(n(COP)c1=O)N=CC2. The van der Waals surface area contributed by atoms with Gasteiger partial charge in [0.05, 0.1) is 5.56 Å². The maximum atomic E-state index is 12.0. The fourth-order valence-corrected chi connectivity index (χ4v) is 2.35. The Kier molecular flexibility index (Phi) is 3.84. The summed E-state index contributed by atoms with van der Waals surface area (Å²) in [7, 11) is 3.15. The van der Waals surface area contributed by atoms with Crippen molar-refractivity contribution in [2.75, 3.05) is 7.11 Å². The van der Waals surface area contributed by atoms with Crippen LogP contribution in [0.2, 0.25) is 0 Å². The summed E-state index contributed by atoms with van der Waals surface area (Å²) in [6.45, 7) is 0.0254. The standard InChI is InChI=1S/C8H11N3O4P2/c1-14-17-11-7(12)5-2-3-9-6(5)10(4-15-16)8(11)13/h3,17H,2,4,16H2,1H3. The summed E-state index contributed by atoms with van der Waals surface area (Å²) in [5.41, 5.74) is -0.325. The summed E-state index contributed by atoms with van der Waals surface area (Å²) in [6.07, 6.45) is 2.03. The van der Waals surface area contributed by atoms with Crippen LogP contribution in [0.5, 0.6) is 0 Å². The first-order valence-corrected chi connectivity index (χ1v) is 6.05. The molecule has 0 bridgehead atoms. The zero-order valence-electron chi connectivity index (χ0n) is 9.04. The van der Waals surface area contributed by atoms with Gasteiger partial charge in [-0.1, -0.05) is 0 Å². The summed E-state index contributed by atoms with van der Waals surface area (Å²) >= 11 is 0. The zero-order valence-corrected chi connectivity index (χ0v) is 11.2. The van der Waals surface area contributed by atoms with Gasteiger partial charge in [0.2, 0.25) is 0 Å². The van der Waals surface area contributed by atoms with Gasteiger partial charge in [0, 0.05) is 29.2 Å². The molecular formula is C8H11N3O4P2. The lowest BCUT2D eigenvalue weighted by Gasteiger charge is -2.12. The number of aliphatic imine (C=N–C) groups is 1. The van der Waals surface area contributed by atoms with E-state index in [1.807, 2.05) is 0 Å². The predicted molar refractivity (Wildman–Crippen MR) is 68.3 cm³/mol. The van der Waals surface area contributed by atoms with E-state index >= 15 is 0 Å². The molecule has 0 aliphatic carbocycles. The number of hydrogen-bond donors (Lipinski definition) is 0. The van der Waals surface area contributed by atoms with Gasteiger partial charge in [-0.15, -0.1) is 0 Å². The second kappa shape index (κ2) is 5.19. The second-order valence-electron chi connectivity index (χ2n) is 3.26. The fourth-order valence-electron chi connectivity index (χ4n) is 1.60. The van der Waals surface area contributed by atoms with Gasteiger partial charge in [0.15, 0.2) is 0 Å². The molecule has 1 aromatic rings. The maximum absolute atomic E-state index is 12.0. The third-order valence-corrected chi connectivity index (χ3v) is 3.21. The van der Waals surface area contributed by atoms with E-state index in [0.29, 0.717) is 17.8 Å². The van der Waals surface area contributed by atoms with Gasteiger partial charge >= 0.3 is 5.69 Å². The van der Waals surface area contributed by atoms with Crippen LogP contribution in [0.3, 0.4) is 0 Å². The number of fused-ring (bicyclic) bond motifs is 1. The molecule has 1 aliphatic rings. The van der Waals surface area contributed by atoms with E-state index in [2.05, 4.69) is 14.5 Å². The van der Waals surface area contributed by atoms with Crippen molar-refractivity contribution in [1.29, 1.82) is 0 Å². The molecule has 0 radical (unpaired) electrons. The molecule has 17 heavy (non-hydrogen) atoms. The zero-order chi connectivity index (χ0) is 12.4. The summed E-state index contributed by atoms with van der Waals surface area (Å²) in [6, 6.07) is 0. The normalized spacial score (nSPS) is 13.8. The number of aromatic nitrogens is 2. The Morgan fingerprint density at radius 1 is 1.59 bits per heavy atom. The summed E-state index contributed by atoms with van der Waals surface area (Å²) in [5.74, 6) is 0.375. The third-order valence-electron chi connectivity index (χ3n) is 2.30. The molecule has 2 atom stereocenters. The van der Waals surface area contributed by atoms with Crippen LogP contribution in [0, 0.1) is 0 Å². The fraction of sp³-hybridized carbons (Fsp3) is 0.375. The van der Waals surface area contributed by atoms with Gasteiger partial charge in [0.25, 0.3) is 5.56 Å². The summed E-state index contributed by atoms with van der Waals surface area (Å²) < 4.78 is 12.1. The van der Waals surface area contributed by atoms with E-state index in [4.69, 9.17) is 9.05 Å². The summed E-state index contributed by atoms with van der Waals surface area (Å²) in [4.78, 5) is 28.0. The first-order chi connectivity index (χ1) is 8.20. The Hall–Kier alpha value is -0.870. The topological polar surface area (TPSA) is 74.8 Å². The van der Waals surface area contributed by atoms with Crippen molar-refractivity contribution < 1.29 is 9.05 Å². The van der Waals surface area contributed by atoms with E-state index in [1.54, 1.807) is 6.21 Å². The van der Waals surface area contributed by atoms with Gasteiger partial charge in [-0.05, 0) is 0 Å². The minimum atomic E-state index is -0.476. The lowest BCUT2D eigenvalue weighted by Crippen LogP contribution is -2.37. The average Bonchev–Trinajstić information content (AvgIpc) is 2.79. The highest BCUT2D eigenvalue weighted by Gasteiger charge is 2.20. The minimum Gasteiger partial charge on any atom is -0.344 e. The van der Waals surface area contributed by atoms with Crippen molar-refractivity contribution in [2.45, 2.75) is 13.2 Å². The molecule has 0 N–H and O–H groups in total. The number of nitrogens with zero attached hydrogens (tertiary/aromatic N) is 3. The Bertz CT molecular complexity index is 577. The first-order valence-electron chi connectivity index (χ1n) is 4.72. The Morgan fingerprint density at radius 3 is 3.00 bits per heavy atom. The molecule has 0 amide bonds. The molecule has 2 unspecified atom stereocenters. The van der Waals surface area contributed by atoms with Gasteiger partial charge in [0.1, 0.15) is 21.5 Å².